The Kier molecular flexibility index (Phi) is 5.41. The third-order valence-corrected chi connectivity index (χ3v) is 5.29. The second-order valence-electron chi connectivity index (χ2n) is 7.27. The number of aryl methyl sites for hydroxylation is 1. The Morgan fingerprint density at radius 3 is 2.50 bits per heavy atom. The molecule has 0 aliphatic carbocycles. The number of carbonyl (C=O) groups is 1. The van der Waals surface area contributed by atoms with Crippen molar-refractivity contribution >= 4 is 5.91 Å². The van der Waals surface area contributed by atoms with Crippen LogP contribution in [0.3, 0.4) is 0 Å². The first kappa shape index (κ1) is 18.6. The lowest BCUT2D eigenvalue weighted by molar-refractivity contribution is 0.0757. The Bertz CT molecular complexity index is 782. The van der Waals surface area contributed by atoms with Gasteiger partial charge >= 0.3 is 0 Å². The van der Waals surface area contributed by atoms with Gasteiger partial charge in [-0.3, -0.25) is 4.79 Å². The molecule has 1 aromatic heterocycles. The van der Waals surface area contributed by atoms with Gasteiger partial charge in [-0.15, -0.1) is 0 Å². The Morgan fingerprint density at radius 1 is 1.15 bits per heavy atom. The molecular weight excluding hydrogens is 331 g/mol. The number of carbonyl (C=O) groups excluding carboxylic acids is 1. The van der Waals surface area contributed by atoms with Crippen molar-refractivity contribution in [2.75, 3.05) is 27.2 Å². The first-order valence-electron chi connectivity index (χ1n) is 9.16. The lowest BCUT2D eigenvalue weighted by atomic mass is 10.1. The zero-order chi connectivity index (χ0) is 18.8. The van der Waals surface area contributed by atoms with E-state index in [9.17, 15) is 9.18 Å². The topological polar surface area (TPSA) is 41.4 Å². The van der Waals surface area contributed by atoms with Crippen LogP contribution in [0.15, 0.2) is 24.3 Å². The van der Waals surface area contributed by atoms with Gasteiger partial charge in [-0.1, -0.05) is 0 Å². The monoisotopic (exact) mass is 358 g/mol. The minimum atomic E-state index is -0.286. The predicted molar refractivity (Wildman–Crippen MR) is 100 cm³/mol. The van der Waals surface area contributed by atoms with Gasteiger partial charge in [0.15, 0.2) is 0 Å². The van der Waals surface area contributed by atoms with Crippen LogP contribution in [0.4, 0.5) is 4.39 Å². The largest absolute Gasteiger partial charge is 0.338 e. The number of benzene rings is 1. The summed E-state index contributed by atoms with van der Waals surface area (Å²) in [6, 6.07) is 6.69. The lowest BCUT2D eigenvalue weighted by Crippen LogP contribution is -2.34. The van der Waals surface area contributed by atoms with E-state index < -0.39 is 0 Å². The maximum atomic E-state index is 13.2. The predicted octanol–water partition coefficient (Wildman–Crippen LogP) is 3.18. The van der Waals surface area contributed by atoms with Crippen LogP contribution in [0.2, 0.25) is 0 Å². The molecule has 2 heterocycles. The normalized spacial score (nSPS) is 18.2. The van der Waals surface area contributed by atoms with Gasteiger partial charge in [-0.2, -0.15) is 5.10 Å². The summed E-state index contributed by atoms with van der Waals surface area (Å²) < 4.78 is 14.9. The Balaban J connectivity index is 1.85. The average molecular weight is 358 g/mol. The fraction of sp³-hybridized carbons (Fsp3) is 0.500. The molecule has 1 saturated heterocycles. The molecule has 0 spiro atoms. The number of hydrogen-bond donors (Lipinski definition) is 0. The molecule has 6 heteroatoms. The molecule has 3 rings (SSSR count). The van der Waals surface area contributed by atoms with E-state index in [4.69, 9.17) is 0 Å². The first-order valence-corrected chi connectivity index (χ1v) is 9.16. The number of rotatable bonds is 3. The van der Waals surface area contributed by atoms with Crippen molar-refractivity contribution in [1.82, 2.24) is 19.6 Å². The van der Waals surface area contributed by atoms with Crippen molar-refractivity contribution in [3.63, 3.8) is 0 Å². The number of nitrogens with zero attached hydrogens (tertiary/aromatic N) is 4. The molecule has 1 aromatic carbocycles. The summed E-state index contributed by atoms with van der Waals surface area (Å²) in [5, 5.41) is 4.53. The second-order valence-corrected chi connectivity index (χ2v) is 7.27. The van der Waals surface area contributed by atoms with E-state index in [1.54, 1.807) is 16.8 Å². The minimum Gasteiger partial charge on any atom is -0.338 e. The molecule has 1 atom stereocenters. The van der Waals surface area contributed by atoms with Gasteiger partial charge in [0, 0.05) is 19.1 Å². The molecule has 0 radical (unpaired) electrons. The number of hydrogen-bond acceptors (Lipinski definition) is 3. The minimum absolute atomic E-state index is 0.0489. The van der Waals surface area contributed by atoms with Gasteiger partial charge in [-0.25, -0.2) is 9.07 Å². The van der Waals surface area contributed by atoms with E-state index in [1.807, 2.05) is 18.7 Å². The van der Waals surface area contributed by atoms with Crippen molar-refractivity contribution in [3.8, 4) is 5.69 Å². The molecule has 26 heavy (non-hydrogen) atoms. The smallest absolute Gasteiger partial charge is 0.257 e. The maximum Gasteiger partial charge on any atom is 0.257 e. The molecule has 2 aromatic rings. The van der Waals surface area contributed by atoms with Crippen molar-refractivity contribution < 1.29 is 9.18 Å². The zero-order valence-electron chi connectivity index (χ0n) is 16.0. The summed E-state index contributed by atoms with van der Waals surface area (Å²) in [4.78, 5) is 17.4. The van der Waals surface area contributed by atoms with Gasteiger partial charge in [0.25, 0.3) is 5.91 Å². The Hall–Kier alpha value is -2.21. The number of aromatic nitrogens is 2. The molecule has 5 nitrogen and oxygen atoms in total. The molecule has 0 saturated carbocycles. The number of likely N-dealkylation sites (tertiary alicyclic amines) is 1. The fourth-order valence-electron chi connectivity index (χ4n) is 3.74. The van der Waals surface area contributed by atoms with E-state index in [0.29, 0.717) is 17.3 Å². The number of amides is 1. The molecule has 1 unspecified atom stereocenters. The van der Waals surface area contributed by atoms with E-state index in [0.717, 1.165) is 43.7 Å². The second kappa shape index (κ2) is 7.58. The molecule has 1 aliphatic rings. The zero-order valence-corrected chi connectivity index (χ0v) is 16.0. The highest BCUT2D eigenvalue weighted by Gasteiger charge is 2.27. The fourth-order valence-corrected chi connectivity index (χ4v) is 3.74. The van der Waals surface area contributed by atoms with E-state index in [2.05, 4.69) is 24.1 Å². The molecule has 1 amide bonds. The van der Waals surface area contributed by atoms with Gasteiger partial charge in [0.05, 0.1) is 22.6 Å². The molecular formula is C20H27FN4O. The van der Waals surface area contributed by atoms with Crippen molar-refractivity contribution in [2.45, 2.75) is 39.2 Å². The van der Waals surface area contributed by atoms with E-state index >= 15 is 0 Å². The van der Waals surface area contributed by atoms with Gasteiger partial charge in [0.1, 0.15) is 5.82 Å². The molecule has 140 valence electrons. The highest BCUT2D eigenvalue weighted by Crippen LogP contribution is 2.22. The third kappa shape index (κ3) is 3.65. The van der Waals surface area contributed by atoms with E-state index in [-0.39, 0.29) is 11.7 Å². The standard InChI is InChI=1S/C20H27FN4O/c1-14-19(15(2)25(22-14)18-9-7-16(21)8-10-18)20(26)24-12-5-6-17(11-13-24)23(3)4/h7-10,17H,5-6,11-13H2,1-4H3. The summed E-state index contributed by atoms with van der Waals surface area (Å²) >= 11 is 0. The highest BCUT2D eigenvalue weighted by atomic mass is 19.1. The summed E-state index contributed by atoms with van der Waals surface area (Å²) in [6.07, 6.45) is 3.12. The van der Waals surface area contributed by atoms with Crippen LogP contribution in [0.1, 0.15) is 41.0 Å². The Labute approximate surface area is 154 Å². The average Bonchev–Trinajstić information content (AvgIpc) is 2.79. The SMILES string of the molecule is Cc1nn(-c2ccc(F)cc2)c(C)c1C(=O)N1CCCC(N(C)C)CC1. The van der Waals surface area contributed by atoms with Crippen LogP contribution in [-0.2, 0) is 0 Å². The van der Waals surface area contributed by atoms with Gasteiger partial charge in [-0.05, 0) is 71.5 Å². The van der Waals surface area contributed by atoms with Crippen LogP contribution in [0.5, 0.6) is 0 Å². The van der Waals surface area contributed by atoms with Gasteiger partial charge in [0.2, 0.25) is 0 Å². The molecule has 0 bridgehead atoms. The lowest BCUT2D eigenvalue weighted by Gasteiger charge is -2.23. The van der Waals surface area contributed by atoms with Crippen LogP contribution in [0, 0.1) is 19.7 Å². The molecule has 1 aliphatic heterocycles. The highest BCUT2D eigenvalue weighted by molar-refractivity contribution is 5.96. The van der Waals surface area contributed by atoms with Crippen LogP contribution >= 0.6 is 0 Å². The van der Waals surface area contributed by atoms with Gasteiger partial charge < -0.3 is 9.80 Å². The molecule has 1 fully saturated rings. The maximum absolute atomic E-state index is 13.2. The molecule has 0 N–H and O–H groups in total. The van der Waals surface area contributed by atoms with Crippen LogP contribution in [0.25, 0.3) is 5.69 Å². The first-order chi connectivity index (χ1) is 12.4. The van der Waals surface area contributed by atoms with Crippen LogP contribution in [-0.4, -0.2) is 58.7 Å². The number of halogens is 1. The summed E-state index contributed by atoms with van der Waals surface area (Å²) in [7, 11) is 4.20. The van der Waals surface area contributed by atoms with Crippen molar-refractivity contribution in [3.05, 3.63) is 47.0 Å². The third-order valence-electron chi connectivity index (χ3n) is 5.29. The van der Waals surface area contributed by atoms with Crippen molar-refractivity contribution in [1.29, 1.82) is 0 Å². The quantitative estimate of drug-likeness (QED) is 0.846. The summed E-state index contributed by atoms with van der Waals surface area (Å²) in [5.74, 6) is -0.237. The summed E-state index contributed by atoms with van der Waals surface area (Å²) in [5.41, 5.74) is 2.94. The van der Waals surface area contributed by atoms with Crippen LogP contribution < -0.4 is 0 Å². The Morgan fingerprint density at radius 2 is 1.85 bits per heavy atom. The summed E-state index contributed by atoms with van der Waals surface area (Å²) in [6.45, 7) is 5.31. The van der Waals surface area contributed by atoms with E-state index in [1.165, 1.54) is 12.1 Å². The van der Waals surface area contributed by atoms with Crippen molar-refractivity contribution in [2.24, 2.45) is 0 Å².